The summed E-state index contributed by atoms with van der Waals surface area (Å²) in [6.07, 6.45) is -3.32. The highest BCUT2D eigenvalue weighted by Crippen LogP contribution is 2.35. The fourth-order valence-electron chi connectivity index (χ4n) is 2.89. The van der Waals surface area contributed by atoms with Crippen LogP contribution in [0.25, 0.3) is 0 Å². The van der Waals surface area contributed by atoms with Gasteiger partial charge in [0.1, 0.15) is 6.04 Å². The Morgan fingerprint density at radius 2 is 1.91 bits per heavy atom. The Balaban J connectivity index is 2.03. The zero-order valence-electron chi connectivity index (χ0n) is 12.8. The Morgan fingerprint density at radius 1 is 1.27 bits per heavy atom. The SMILES string of the molecule is CC1(C)CC(=O)NN1[C@@H](CCCc1ccccc1)C(F)(F)F. The Hall–Kier alpha value is -1.56. The van der Waals surface area contributed by atoms with E-state index < -0.39 is 17.8 Å². The molecule has 0 saturated carbocycles. The maximum Gasteiger partial charge on any atom is 0.405 e. The Morgan fingerprint density at radius 3 is 2.41 bits per heavy atom. The molecule has 1 atom stereocenters. The lowest BCUT2D eigenvalue weighted by Crippen LogP contribution is -2.56. The van der Waals surface area contributed by atoms with Crippen molar-refractivity contribution in [2.24, 2.45) is 0 Å². The lowest BCUT2D eigenvalue weighted by atomic mass is 9.97. The molecule has 1 amide bonds. The van der Waals surface area contributed by atoms with Gasteiger partial charge in [0.15, 0.2) is 0 Å². The molecule has 1 aromatic rings. The van der Waals surface area contributed by atoms with Gasteiger partial charge in [-0.2, -0.15) is 13.2 Å². The molecule has 6 heteroatoms. The average molecular weight is 314 g/mol. The number of benzene rings is 1. The van der Waals surface area contributed by atoms with Crippen LogP contribution >= 0.6 is 0 Å². The molecule has 0 bridgehead atoms. The summed E-state index contributed by atoms with van der Waals surface area (Å²) in [5.74, 6) is -0.359. The first-order valence-electron chi connectivity index (χ1n) is 7.39. The fraction of sp³-hybridized carbons (Fsp3) is 0.562. The summed E-state index contributed by atoms with van der Waals surface area (Å²) in [5.41, 5.74) is 2.57. The summed E-state index contributed by atoms with van der Waals surface area (Å²) >= 11 is 0. The lowest BCUT2D eigenvalue weighted by molar-refractivity contribution is -0.202. The first-order valence-corrected chi connectivity index (χ1v) is 7.39. The number of hydrogen-bond acceptors (Lipinski definition) is 2. The molecule has 1 fully saturated rings. The summed E-state index contributed by atoms with van der Waals surface area (Å²) in [5, 5.41) is 1.08. The third-order valence-corrected chi connectivity index (χ3v) is 3.97. The number of nitrogens with one attached hydrogen (secondary N) is 1. The van der Waals surface area contributed by atoms with E-state index in [4.69, 9.17) is 0 Å². The van der Waals surface area contributed by atoms with Crippen LogP contribution in [0.15, 0.2) is 30.3 Å². The van der Waals surface area contributed by atoms with Gasteiger partial charge in [0, 0.05) is 12.0 Å². The number of alkyl halides is 3. The van der Waals surface area contributed by atoms with E-state index in [1.165, 1.54) is 0 Å². The Bertz CT molecular complexity index is 514. The van der Waals surface area contributed by atoms with E-state index in [1.807, 2.05) is 30.3 Å². The van der Waals surface area contributed by atoms with Crippen molar-refractivity contribution in [2.45, 2.75) is 57.3 Å². The number of nitrogens with zero attached hydrogens (tertiary/aromatic N) is 1. The largest absolute Gasteiger partial charge is 0.405 e. The van der Waals surface area contributed by atoms with Crippen LogP contribution in [0.4, 0.5) is 13.2 Å². The van der Waals surface area contributed by atoms with Crippen LogP contribution in [0.5, 0.6) is 0 Å². The van der Waals surface area contributed by atoms with Crippen LogP contribution < -0.4 is 5.43 Å². The predicted octanol–water partition coefficient (Wildman–Crippen LogP) is 3.46. The topological polar surface area (TPSA) is 32.3 Å². The standard InChI is InChI=1S/C16H21F3N2O/c1-15(2)11-14(22)20-21(15)13(16(17,18)19)10-6-9-12-7-4-3-5-8-12/h3-5,7-8,13H,6,9-11H2,1-2H3,(H,20,22)/t13-/m0/s1. The molecule has 0 spiro atoms. The molecule has 0 aliphatic carbocycles. The van der Waals surface area contributed by atoms with E-state index in [2.05, 4.69) is 5.43 Å². The van der Waals surface area contributed by atoms with Crippen molar-refractivity contribution in [1.82, 2.24) is 10.4 Å². The molecule has 1 saturated heterocycles. The molecule has 2 rings (SSSR count). The van der Waals surface area contributed by atoms with Crippen LogP contribution in [0, 0.1) is 0 Å². The first kappa shape index (κ1) is 16.8. The summed E-state index contributed by atoms with van der Waals surface area (Å²) in [4.78, 5) is 11.5. The van der Waals surface area contributed by atoms with Crippen molar-refractivity contribution < 1.29 is 18.0 Å². The van der Waals surface area contributed by atoms with E-state index in [0.29, 0.717) is 12.8 Å². The van der Waals surface area contributed by atoms with E-state index in [9.17, 15) is 18.0 Å². The zero-order valence-corrected chi connectivity index (χ0v) is 12.8. The molecule has 1 aromatic carbocycles. The minimum absolute atomic E-state index is 0.0396. The van der Waals surface area contributed by atoms with Gasteiger partial charge in [0.05, 0.1) is 0 Å². The summed E-state index contributed by atoms with van der Waals surface area (Å²) in [6.45, 7) is 3.31. The molecule has 0 radical (unpaired) electrons. The second kappa shape index (κ2) is 6.28. The van der Waals surface area contributed by atoms with Gasteiger partial charge >= 0.3 is 6.18 Å². The molecule has 1 heterocycles. The molecule has 1 N–H and O–H groups in total. The van der Waals surface area contributed by atoms with E-state index in [-0.39, 0.29) is 18.7 Å². The highest BCUT2D eigenvalue weighted by molar-refractivity contribution is 5.78. The molecule has 3 nitrogen and oxygen atoms in total. The Kier molecular flexibility index (Phi) is 4.80. The van der Waals surface area contributed by atoms with E-state index in [0.717, 1.165) is 10.6 Å². The third-order valence-electron chi connectivity index (χ3n) is 3.97. The van der Waals surface area contributed by atoms with Crippen molar-refractivity contribution >= 4 is 5.91 Å². The van der Waals surface area contributed by atoms with Gasteiger partial charge in [0.25, 0.3) is 0 Å². The quantitative estimate of drug-likeness (QED) is 0.903. The molecule has 22 heavy (non-hydrogen) atoms. The molecular formula is C16H21F3N2O. The first-order chi connectivity index (χ1) is 10.2. The summed E-state index contributed by atoms with van der Waals surface area (Å²) in [7, 11) is 0. The van der Waals surface area contributed by atoms with Crippen LogP contribution in [0.1, 0.15) is 38.7 Å². The average Bonchev–Trinajstić information content (AvgIpc) is 2.67. The number of hydrazine groups is 1. The lowest BCUT2D eigenvalue weighted by Gasteiger charge is -2.37. The molecular weight excluding hydrogens is 293 g/mol. The van der Waals surface area contributed by atoms with Crippen molar-refractivity contribution in [3.63, 3.8) is 0 Å². The molecule has 0 aromatic heterocycles. The van der Waals surface area contributed by atoms with Crippen LogP contribution in [-0.2, 0) is 11.2 Å². The van der Waals surface area contributed by atoms with Crippen LogP contribution in [0.2, 0.25) is 0 Å². The number of halogens is 3. The van der Waals surface area contributed by atoms with Crippen molar-refractivity contribution in [2.75, 3.05) is 0 Å². The predicted molar refractivity (Wildman–Crippen MR) is 77.9 cm³/mol. The molecule has 1 aliphatic heterocycles. The zero-order chi connectivity index (χ0) is 16.4. The third kappa shape index (κ3) is 4.00. The van der Waals surface area contributed by atoms with E-state index >= 15 is 0 Å². The minimum atomic E-state index is -4.37. The van der Waals surface area contributed by atoms with Gasteiger partial charge in [-0.05, 0) is 38.7 Å². The fourth-order valence-corrected chi connectivity index (χ4v) is 2.89. The maximum absolute atomic E-state index is 13.4. The van der Waals surface area contributed by atoms with Gasteiger partial charge in [-0.3, -0.25) is 10.2 Å². The number of aryl methyl sites for hydroxylation is 1. The maximum atomic E-state index is 13.4. The Labute approximate surface area is 128 Å². The monoisotopic (exact) mass is 314 g/mol. The van der Waals surface area contributed by atoms with Gasteiger partial charge < -0.3 is 0 Å². The van der Waals surface area contributed by atoms with E-state index in [1.54, 1.807) is 13.8 Å². The van der Waals surface area contributed by atoms with Crippen molar-refractivity contribution in [3.05, 3.63) is 35.9 Å². The van der Waals surface area contributed by atoms with Crippen molar-refractivity contribution in [1.29, 1.82) is 0 Å². The number of hydrogen-bond donors (Lipinski definition) is 1. The summed E-state index contributed by atoms with van der Waals surface area (Å²) < 4.78 is 40.1. The molecule has 0 unspecified atom stereocenters. The smallest absolute Gasteiger partial charge is 0.288 e. The normalized spacial score (nSPS) is 20.0. The van der Waals surface area contributed by atoms with Gasteiger partial charge in [-0.15, -0.1) is 0 Å². The van der Waals surface area contributed by atoms with Crippen LogP contribution in [-0.4, -0.2) is 28.7 Å². The number of carbonyl (C=O) groups excluding carboxylic acids is 1. The second-order valence-electron chi connectivity index (χ2n) is 6.33. The number of rotatable bonds is 5. The second-order valence-corrected chi connectivity index (χ2v) is 6.33. The molecule has 1 aliphatic rings. The highest BCUT2D eigenvalue weighted by Gasteiger charge is 2.51. The summed E-state index contributed by atoms with van der Waals surface area (Å²) in [6, 6.07) is 7.79. The highest BCUT2D eigenvalue weighted by atomic mass is 19.4. The number of carbonyl (C=O) groups is 1. The van der Waals surface area contributed by atoms with Crippen LogP contribution in [0.3, 0.4) is 0 Å². The van der Waals surface area contributed by atoms with Gasteiger partial charge in [0.2, 0.25) is 5.91 Å². The van der Waals surface area contributed by atoms with Gasteiger partial charge in [-0.25, -0.2) is 5.01 Å². The minimum Gasteiger partial charge on any atom is -0.288 e. The molecule has 122 valence electrons. The van der Waals surface area contributed by atoms with Gasteiger partial charge in [-0.1, -0.05) is 30.3 Å². The van der Waals surface area contributed by atoms with Crippen molar-refractivity contribution in [3.8, 4) is 0 Å². The number of amides is 1.